The highest BCUT2D eigenvalue weighted by molar-refractivity contribution is 7.00. The average molecular weight is 745 g/mol. The molecule has 0 radical (unpaired) electrons. The van der Waals surface area contributed by atoms with Crippen molar-refractivity contribution in [1.29, 1.82) is 0 Å². The normalized spacial score (nSPS) is 14.7. The molecule has 1 aromatic heterocycles. The summed E-state index contributed by atoms with van der Waals surface area (Å²) in [5, 5.41) is 2.30. The van der Waals surface area contributed by atoms with Gasteiger partial charge >= 0.3 is 0 Å². The molecule has 0 atom stereocenters. The highest BCUT2D eigenvalue weighted by atomic mass is 16.3. The van der Waals surface area contributed by atoms with Gasteiger partial charge in [-0.15, -0.1) is 0 Å². The van der Waals surface area contributed by atoms with E-state index in [1.807, 2.05) is 6.07 Å². The molecule has 0 unspecified atom stereocenters. The number of benzene rings is 8. The largest absolute Gasteiger partial charge is 0.455 e. The van der Waals surface area contributed by atoms with Crippen LogP contribution in [0.4, 0.5) is 34.1 Å². The van der Waals surface area contributed by atoms with E-state index in [2.05, 4.69) is 186 Å². The van der Waals surface area contributed by atoms with Gasteiger partial charge in [-0.05, 0) is 112 Å². The molecule has 9 aromatic rings. The van der Waals surface area contributed by atoms with Gasteiger partial charge < -0.3 is 14.2 Å². The zero-order chi connectivity index (χ0) is 38.2. The Morgan fingerprint density at radius 1 is 0.448 bits per heavy atom. The van der Waals surface area contributed by atoms with Gasteiger partial charge in [-0.1, -0.05) is 147 Å². The molecule has 1 aliphatic carbocycles. The Bertz CT molecular complexity index is 3000. The molecule has 1 saturated carbocycles. The minimum atomic E-state index is 0.0708. The Labute approximate surface area is 339 Å². The highest BCUT2D eigenvalue weighted by Crippen LogP contribution is 2.47. The van der Waals surface area contributed by atoms with Crippen LogP contribution in [0, 0.1) is 0 Å². The van der Waals surface area contributed by atoms with Crippen molar-refractivity contribution in [2.24, 2.45) is 0 Å². The molecule has 0 saturated heterocycles. The second-order valence-electron chi connectivity index (χ2n) is 16.3. The van der Waals surface area contributed by atoms with E-state index in [1.165, 1.54) is 93.6 Å². The standard InChI is InChI=1S/C54H41BN2O/c1-4-15-36(16-5-1)39-29-32-49-47(33-39)55-46-24-11-12-25-48(46)57(42-30-27-38(28-31-42)43-22-14-23-45-44-21-10-13-26-52(44)58-54(43)45)51-35-40(37-17-6-2-7-18-37)34-50(53(51)55)56(49)41-19-8-3-9-20-41/h1,3-5,8-16,19-35,37H,2,6-7,17-18H2. The van der Waals surface area contributed by atoms with Crippen molar-refractivity contribution in [2.45, 2.75) is 38.0 Å². The number of hydrogen-bond donors (Lipinski definition) is 0. The van der Waals surface area contributed by atoms with Gasteiger partial charge in [0.1, 0.15) is 11.2 Å². The zero-order valence-electron chi connectivity index (χ0n) is 32.3. The molecule has 58 heavy (non-hydrogen) atoms. The minimum absolute atomic E-state index is 0.0708. The maximum Gasteiger partial charge on any atom is 0.252 e. The first-order valence-corrected chi connectivity index (χ1v) is 20.9. The van der Waals surface area contributed by atoms with Gasteiger partial charge in [0.2, 0.25) is 0 Å². The maximum atomic E-state index is 6.49. The summed E-state index contributed by atoms with van der Waals surface area (Å²) < 4.78 is 6.49. The molecular weight excluding hydrogens is 703 g/mol. The summed E-state index contributed by atoms with van der Waals surface area (Å²) in [6.07, 6.45) is 6.39. The number of rotatable bonds is 5. The van der Waals surface area contributed by atoms with Crippen molar-refractivity contribution in [3.05, 3.63) is 188 Å². The van der Waals surface area contributed by atoms with Crippen LogP contribution in [0.15, 0.2) is 186 Å². The second-order valence-corrected chi connectivity index (χ2v) is 16.3. The molecule has 8 aromatic carbocycles. The van der Waals surface area contributed by atoms with Gasteiger partial charge in [0, 0.05) is 50.5 Å². The number of fused-ring (bicyclic) bond motifs is 7. The molecule has 0 N–H and O–H groups in total. The third-order valence-electron chi connectivity index (χ3n) is 13.0. The molecule has 3 heterocycles. The van der Waals surface area contributed by atoms with Gasteiger partial charge in [0.25, 0.3) is 6.71 Å². The Hall–Kier alpha value is -6.78. The number of nitrogens with zero attached hydrogens (tertiary/aromatic N) is 2. The van der Waals surface area contributed by atoms with E-state index in [0.29, 0.717) is 5.92 Å². The molecule has 1 fully saturated rings. The van der Waals surface area contributed by atoms with E-state index >= 15 is 0 Å². The number of hydrogen-bond acceptors (Lipinski definition) is 3. The Kier molecular flexibility index (Phi) is 7.72. The van der Waals surface area contributed by atoms with Crippen LogP contribution in [-0.2, 0) is 0 Å². The van der Waals surface area contributed by atoms with Crippen LogP contribution in [0.2, 0.25) is 0 Å². The smallest absolute Gasteiger partial charge is 0.252 e. The second kappa shape index (κ2) is 13.4. The van der Waals surface area contributed by atoms with Crippen LogP contribution in [0.1, 0.15) is 43.6 Å². The summed E-state index contributed by atoms with van der Waals surface area (Å²) in [6.45, 7) is 0.0708. The van der Waals surface area contributed by atoms with Gasteiger partial charge in [0.05, 0.1) is 0 Å². The lowest BCUT2D eigenvalue weighted by molar-refractivity contribution is 0.444. The van der Waals surface area contributed by atoms with E-state index < -0.39 is 0 Å². The maximum absolute atomic E-state index is 6.49. The Morgan fingerprint density at radius 3 is 1.88 bits per heavy atom. The highest BCUT2D eigenvalue weighted by Gasteiger charge is 2.44. The van der Waals surface area contributed by atoms with E-state index in [9.17, 15) is 0 Å². The van der Waals surface area contributed by atoms with E-state index in [0.717, 1.165) is 38.8 Å². The first-order chi connectivity index (χ1) is 28.8. The number of furan rings is 1. The Balaban J connectivity index is 1.09. The van der Waals surface area contributed by atoms with Crippen LogP contribution < -0.4 is 26.2 Å². The van der Waals surface area contributed by atoms with Crippen molar-refractivity contribution >= 4 is 79.2 Å². The fourth-order valence-corrected chi connectivity index (χ4v) is 10.4. The predicted octanol–water partition coefficient (Wildman–Crippen LogP) is 13.1. The van der Waals surface area contributed by atoms with E-state index in [-0.39, 0.29) is 6.71 Å². The molecule has 12 rings (SSSR count). The molecule has 3 aliphatic rings. The molecule has 4 heteroatoms. The quantitative estimate of drug-likeness (QED) is 0.164. The lowest BCUT2D eigenvalue weighted by Crippen LogP contribution is -2.61. The fourth-order valence-electron chi connectivity index (χ4n) is 10.4. The zero-order valence-corrected chi connectivity index (χ0v) is 32.3. The SMILES string of the molecule is c1ccc(-c2ccc3c(c2)B2c4ccccc4N(c4ccc(-c5cccc6c5oc5ccccc56)cc4)c4cc(C5CCCCC5)cc(c42)N3c2ccccc2)cc1. The van der Waals surface area contributed by atoms with Crippen molar-refractivity contribution in [2.75, 3.05) is 9.80 Å². The lowest BCUT2D eigenvalue weighted by Gasteiger charge is -2.45. The fraction of sp³-hybridized carbons (Fsp3) is 0.111. The number of para-hydroxylation sites is 4. The van der Waals surface area contributed by atoms with Crippen molar-refractivity contribution in [3.8, 4) is 22.3 Å². The summed E-state index contributed by atoms with van der Waals surface area (Å²) in [6, 6.07) is 67.3. The average Bonchev–Trinajstić information content (AvgIpc) is 3.69. The molecule has 0 amide bonds. The molecule has 0 spiro atoms. The molecule has 0 bridgehead atoms. The summed E-state index contributed by atoms with van der Waals surface area (Å²) in [5.41, 5.74) is 19.5. The minimum Gasteiger partial charge on any atom is -0.455 e. The summed E-state index contributed by atoms with van der Waals surface area (Å²) in [7, 11) is 0. The molecule has 276 valence electrons. The summed E-state index contributed by atoms with van der Waals surface area (Å²) in [5.74, 6) is 0.541. The first kappa shape index (κ1) is 33.4. The van der Waals surface area contributed by atoms with Crippen molar-refractivity contribution < 1.29 is 4.42 Å². The summed E-state index contributed by atoms with van der Waals surface area (Å²) in [4.78, 5) is 5.10. The van der Waals surface area contributed by atoms with Crippen molar-refractivity contribution in [1.82, 2.24) is 0 Å². The van der Waals surface area contributed by atoms with Gasteiger partial charge in [-0.25, -0.2) is 0 Å². The van der Waals surface area contributed by atoms with E-state index in [1.54, 1.807) is 0 Å². The van der Waals surface area contributed by atoms with Crippen LogP contribution in [-0.4, -0.2) is 6.71 Å². The third kappa shape index (κ3) is 5.21. The van der Waals surface area contributed by atoms with Crippen molar-refractivity contribution in [3.63, 3.8) is 0 Å². The summed E-state index contributed by atoms with van der Waals surface area (Å²) >= 11 is 0. The van der Waals surface area contributed by atoms with Gasteiger partial charge in [0.15, 0.2) is 0 Å². The third-order valence-corrected chi connectivity index (χ3v) is 13.0. The van der Waals surface area contributed by atoms with Crippen LogP contribution >= 0.6 is 0 Å². The van der Waals surface area contributed by atoms with Crippen LogP contribution in [0.3, 0.4) is 0 Å². The monoisotopic (exact) mass is 744 g/mol. The number of anilines is 6. The predicted molar refractivity (Wildman–Crippen MR) is 244 cm³/mol. The van der Waals surface area contributed by atoms with Crippen LogP contribution in [0.25, 0.3) is 44.2 Å². The molecule has 2 aliphatic heterocycles. The first-order valence-electron chi connectivity index (χ1n) is 20.9. The molecule has 3 nitrogen and oxygen atoms in total. The van der Waals surface area contributed by atoms with Crippen LogP contribution in [0.5, 0.6) is 0 Å². The Morgan fingerprint density at radius 2 is 1.09 bits per heavy atom. The molecular formula is C54H41BN2O. The lowest BCUT2D eigenvalue weighted by atomic mass is 9.33. The van der Waals surface area contributed by atoms with Gasteiger partial charge in [-0.2, -0.15) is 0 Å². The topological polar surface area (TPSA) is 19.6 Å². The van der Waals surface area contributed by atoms with Gasteiger partial charge in [-0.3, -0.25) is 0 Å². The van der Waals surface area contributed by atoms with E-state index in [4.69, 9.17) is 4.42 Å².